The summed E-state index contributed by atoms with van der Waals surface area (Å²) in [7, 11) is 2.26. The van der Waals surface area contributed by atoms with Crippen LogP contribution in [0.4, 0.5) is 0 Å². The van der Waals surface area contributed by atoms with Crippen molar-refractivity contribution in [2.45, 2.75) is 51.5 Å². The normalized spacial score (nSPS) is 29.1. The van der Waals surface area contributed by atoms with Gasteiger partial charge in [-0.2, -0.15) is 0 Å². The van der Waals surface area contributed by atoms with E-state index in [0.29, 0.717) is 6.04 Å². The molecule has 2 saturated heterocycles. The summed E-state index contributed by atoms with van der Waals surface area (Å²) in [6, 6.07) is 0.676. The lowest BCUT2D eigenvalue weighted by atomic mass is 9.92. The van der Waals surface area contributed by atoms with E-state index in [1.165, 1.54) is 77.8 Å². The minimum absolute atomic E-state index is 0.676. The standard InChI is InChI=1S/C16H33N3/c1-15(16-8-7-10-18(2)14-16)17-9-13-19-11-5-3-4-6-12-19/h15-17H,3-14H2,1-2H3. The van der Waals surface area contributed by atoms with Crippen LogP contribution in [0.2, 0.25) is 0 Å². The number of piperidine rings is 1. The van der Waals surface area contributed by atoms with Crippen molar-refractivity contribution in [3.63, 3.8) is 0 Å². The Balaban J connectivity index is 1.61. The molecule has 2 rings (SSSR count). The molecule has 0 spiro atoms. The lowest BCUT2D eigenvalue weighted by molar-refractivity contribution is 0.175. The minimum atomic E-state index is 0.676. The van der Waals surface area contributed by atoms with Crippen LogP contribution in [0.3, 0.4) is 0 Å². The number of likely N-dealkylation sites (tertiary alicyclic amines) is 2. The maximum atomic E-state index is 3.77. The van der Waals surface area contributed by atoms with Gasteiger partial charge < -0.3 is 15.1 Å². The summed E-state index contributed by atoms with van der Waals surface area (Å²) < 4.78 is 0. The maximum Gasteiger partial charge on any atom is 0.0107 e. The molecule has 2 aliphatic heterocycles. The highest BCUT2D eigenvalue weighted by molar-refractivity contribution is 4.79. The molecular formula is C16H33N3. The van der Waals surface area contributed by atoms with Gasteiger partial charge in [0.05, 0.1) is 0 Å². The zero-order chi connectivity index (χ0) is 13.5. The third-order valence-electron chi connectivity index (χ3n) is 4.96. The lowest BCUT2D eigenvalue weighted by Gasteiger charge is -2.34. The second kappa shape index (κ2) is 8.23. The molecule has 0 aromatic heterocycles. The summed E-state index contributed by atoms with van der Waals surface area (Å²) in [5.41, 5.74) is 0. The fourth-order valence-corrected chi connectivity index (χ4v) is 3.59. The van der Waals surface area contributed by atoms with Crippen LogP contribution in [0.15, 0.2) is 0 Å². The molecule has 0 aromatic rings. The summed E-state index contributed by atoms with van der Waals surface area (Å²) in [6.07, 6.45) is 8.47. The van der Waals surface area contributed by atoms with Crippen molar-refractivity contribution < 1.29 is 0 Å². The second-order valence-corrected chi connectivity index (χ2v) is 6.66. The zero-order valence-corrected chi connectivity index (χ0v) is 13.0. The molecule has 2 unspecified atom stereocenters. The van der Waals surface area contributed by atoms with Crippen LogP contribution in [-0.4, -0.2) is 62.2 Å². The zero-order valence-electron chi connectivity index (χ0n) is 13.0. The van der Waals surface area contributed by atoms with Gasteiger partial charge >= 0.3 is 0 Å². The first-order valence-electron chi connectivity index (χ1n) is 8.40. The monoisotopic (exact) mass is 267 g/mol. The molecule has 2 atom stereocenters. The van der Waals surface area contributed by atoms with Crippen molar-refractivity contribution in [1.29, 1.82) is 0 Å². The second-order valence-electron chi connectivity index (χ2n) is 6.66. The largest absolute Gasteiger partial charge is 0.313 e. The molecule has 0 aliphatic carbocycles. The van der Waals surface area contributed by atoms with Crippen molar-refractivity contribution >= 4 is 0 Å². The Morgan fingerprint density at radius 2 is 1.79 bits per heavy atom. The maximum absolute atomic E-state index is 3.77. The van der Waals surface area contributed by atoms with Gasteiger partial charge in [0.15, 0.2) is 0 Å². The Kier molecular flexibility index (Phi) is 6.62. The average Bonchev–Trinajstić information content (AvgIpc) is 2.67. The molecule has 112 valence electrons. The highest BCUT2D eigenvalue weighted by Gasteiger charge is 2.22. The van der Waals surface area contributed by atoms with Gasteiger partial charge in [-0.1, -0.05) is 12.8 Å². The van der Waals surface area contributed by atoms with Gasteiger partial charge in [0.1, 0.15) is 0 Å². The molecular weight excluding hydrogens is 234 g/mol. The quantitative estimate of drug-likeness (QED) is 0.824. The van der Waals surface area contributed by atoms with Gasteiger partial charge in [0.2, 0.25) is 0 Å². The first-order valence-corrected chi connectivity index (χ1v) is 8.40. The third kappa shape index (κ3) is 5.41. The number of hydrogen-bond acceptors (Lipinski definition) is 3. The van der Waals surface area contributed by atoms with Gasteiger partial charge in [0.25, 0.3) is 0 Å². The fourth-order valence-electron chi connectivity index (χ4n) is 3.59. The van der Waals surface area contributed by atoms with Crippen LogP contribution in [0.1, 0.15) is 45.4 Å². The molecule has 3 nitrogen and oxygen atoms in total. The topological polar surface area (TPSA) is 18.5 Å². The van der Waals surface area contributed by atoms with Crippen LogP contribution < -0.4 is 5.32 Å². The fraction of sp³-hybridized carbons (Fsp3) is 1.00. The average molecular weight is 267 g/mol. The van der Waals surface area contributed by atoms with E-state index in [9.17, 15) is 0 Å². The number of nitrogens with zero attached hydrogens (tertiary/aromatic N) is 2. The summed E-state index contributed by atoms with van der Waals surface area (Å²) in [4.78, 5) is 5.14. The van der Waals surface area contributed by atoms with E-state index >= 15 is 0 Å². The molecule has 19 heavy (non-hydrogen) atoms. The van der Waals surface area contributed by atoms with E-state index in [0.717, 1.165) is 5.92 Å². The molecule has 0 radical (unpaired) electrons. The minimum Gasteiger partial charge on any atom is -0.313 e. The highest BCUT2D eigenvalue weighted by Crippen LogP contribution is 2.18. The van der Waals surface area contributed by atoms with Crippen LogP contribution in [0, 0.1) is 5.92 Å². The summed E-state index contributed by atoms with van der Waals surface area (Å²) in [5, 5.41) is 3.77. The first-order chi connectivity index (χ1) is 9.25. The molecule has 1 N–H and O–H groups in total. The summed E-state index contributed by atoms with van der Waals surface area (Å²) in [6.45, 7) is 10.00. The smallest absolute Gasteiger partial charge is 0.0107 e. The number of nitrogens with one attached hydrogen (secondary N) is 1. The van der Waals surface area contributed by atoms with Crippen molar-refractivity contribution in [2.75, 3.05) is 46.3 Å². The Morgan fingerprint density at radius 1 is 1.05 bits per heavy atom. The van der Waals surface area contributed by atoms with E-state index in [-0.39, 0.29) is 0 Å². The molecule has 0 bridgehead atoms. The van der Waals surface area contributed by atoms with Crippen LogP contribution in [0.5, 0.6) is 0 Å². The van der Waals surface area contributed by atoms with Crippen LogP contribution in [-0.2, 0) is 0 Å². The van der Waals surface area contributed by atoms with Gasteiger partial charge in [-0.15, -0.1) is 0 Å². The van der Waals surface area contributed by atoms with Gasteiger partial charge in [-0.25, -0.2) is 0 Å². The van der Waals surface area contributed by atoms with Gasteiger partial charge in [0, 0.05) is 25.7 Å². The van der Waals surface area contributed by atoms with E-state index in [1.807, 2.05) is 0 Å². The van der Waals surface area contributed by atoms with E-state index in [1.54, 1.807) is 0 Å². The summed E-state index contributed by atoms with van der Waals surface area (Å²) in [5.74, 6) is 0.850. The predicted molar refractivity (Wildman–Crippen MR) is 82.6 cm³/mol. The Hall–Kier alpha value is -0.120. The first kappa shape index (κ1) is 15.3. The van der Waals surface area contributed by atoms with Gasteiger partial charge in [-0.3, -0.25) is 0 Å². The summed E-state index contributed by atoms with van der Waals surface area (Å²) >= 11 is 0. The number of hydrogen-bond donors (Lipinski definition) is 1. The highest BCUT2D eigenvalue weighted by atomic mass is 15.1. The Morgan fingerprint density at radius 3 is 2.47 bits per heavy atom. The van der Waals surface area contributed by atoms with E-state index in [2.05, 4.69) is 29.1 Å². The lowest BCUT2D eigenvalue weighted by Crippen LogP contribution is -2.45. The van der Waals surface area contributed by atoms with Crippen LogP contribution >= 0.6 is 0 Å². The van der Waals surface area contributed by atoms with Crippen molar-refractivity contribution in [2.24, 2.45) is 5.92 Å². The molecule has 0 saturated carbocycles. The van der Waals surface area contributed by atoms with Gasteiger partial charge in [-0.05, 0) is 65.2 Å². The third-order valence-corrected chi connectivity index (χ3v) is 4.96. The van der Waals surface area contributed by atoms with E-state index < -0.39 is 0 Å². The predicted octanol–water partition coefficient (Wildman–Crippen LogP) is 2.18. The molecule has 2 fully saturated rings. The Labute approximate surface area is 119 Å². The SMILES string of the molecule is CC(NCCN1CCCCCC1)C1CCCN(C)C1. The van der Waals surface area contributed by atoms with Crippen molar-refractivity contribution in [1.82, 2.24) is 15.1 Å². The van der Waals surface area contributed by atoms with Crippen molar-refractivity contribution in [3.8, 4) is 0 Å². The van der Waals surface area contributed by atoms with Crippen LogP contribution in [0.25, 0.3) is 0 Å². The molecule has 2 heterocycles. The van der Waals surface area contributed by atoms with E-state index in [4.69, 9.17) is 0 Å². The Bertz CT molecular complexity index is 236. The molecule has 2 aliphatic rings. The molecule has 0 amide bonds. The number of rotatable bonds is 5. The molecule has 0 aromatic carbocycles. The molecule has 3 heteroatoms. The van der Waals surface area contributed by atoms with Crippen molar-refractivity contribution in [3.05, 3.63) is 0 Å².